The molecule has 0 aliphatic carbocycles. The van der Waals surface area contributed by atoms with Gasteiger partial charge in [0.05, 0.1) is 6.54 Å². The predicted molar refractivity (Wildman–Crippen MR) is 159 cm³/mol. The van der Waals surface area contributed by atoms with Crippen molar-refractivity contribution >= 4 is 35.1 Å². The van der Waals surface area contributed by atoms with Crippen molar-refractivity contribution in [2.45, 2.75) is 46.7 Å². The van der Waals surface area contributed by atoms with Crippen LogP contribution in [-0.4, -0.2) is 48.5 Å². The van der Waals surface area contributed by atoms with Gasteiger partial charge in [0.1, 0.15) is 12.6 Å². The smallest absolute Gasteiger partial charge is 0.289 e. The molecule has 41 heavy (non-hydrogen) atoms. The fraction of sp³-hybridized carbons (Fsp3) is 0.281. The number of aryl methyl sites for hydroxylation is 1. The van der Waals surface area contributed by atoms with Crippen LogP contribution in [0.2, 0.25) is 0 Å². The van der Waals surface area contributed by atoms with E-state index in [2.05, 4.69) is 29.8 Å². The van der Waals surface area contributed by atoms with Gasteiger partial charge < -0.3 is 16.0 Å². The minimum Gasteiger partial charge on any atom is -0.347 e. The number of carbonyl (C=O) groups excluding carboxylic acids is 5. The molecule has 1 atom stereocenters. The van der Waals surface area contributed by atoms with E-state index >= 15 is 0 Å². The minimum absolute atomic E-state index is 0.185. The molecule has 216 valence electrons. The van der Waals surface area contributed by atoms with Crippen LogP contribution in [0.4, 0.5) is 5.69 Å². The van der Waals surface area contributed by atoms with Gasteiger partial charge in [0.25, 0.3) is 11.8 Å². The van der Waals surface area contributed by atoms with Crippen LogP contribution in [0.1, 0.15) is 48.7 Å². The predicted octanol–water partition coefficient (Wildman–Crippen LogP) is 3.56. The Kier molecular flexibility index (Phi) is 13.5. The minimum atomic E-state index is -1.01. The Balaban J connectivity index is 0.00000187. The summed E-state index contributed by atoms with van der Waals surface area (Å²) in [6.07, 6.45) is 1.25. The molecule has 4 amide bonds. The second-order valence-corrected chi connectivity index (χ2v) is 9.35. The molecule has 0 heterocycles. The summed E-state index contributed by atoms with van der Waals surface area (Å²) in [4.78, 5) is 64.0. The van der Waals surface area contributed by atoms with Crippen molar-refractivity contribution in [3.8, 4) is 0 Å². The number of anilines is 1. The summed E-state index contributed by atoms with van der Waals surface area (Å²) in [5.41, 5.74) is 2.62. The summed E-state index contributed by atoms with van der Waals surface area (Å²) in [5.74, 6) is -3.20. The van der Waals surface area contributed by atoms with E-state index in [0.717, 1.165) is 11.1 Å². The molecule has 3 aromatic carbocycles. The Bertz CT molecular complexity index is 1310. The van der Waals surface area contributed by atoms with Gasteiger partial charge in [-0.1, -0.05) is 87.0 Å². The van der Waals surface area contributed by atoms with Crippen LogP contribution in [0.25, 0.3) is 0 Å². The summed E-state index contributed by atoms with van der Waals surface area (Å²) < 4.78 is 0. The zero-order valence-electron chi connectivity index (χ0n) is 24.0. The Morgan fingerprint density at radius 1 is 0.780 bits per heavy atom. The average molecular weight is 559 g/mol. The number of para-hydroxylation sites is 1. The van der Waals surface area contributed by atoms with Crippen LogP contribution < -0.4 is 20.9 Å². The van der Waals surface area contributed by atoms with Crippen LogP contribution in [0.5, 0.6) is 0 Å². The van der Waals surface area contributed by atoms with Crippen LogP contribution >= 0.6 is 0 Å². The third-order valence-electron chi connectivity index (χ3n) is 5.72. The van der Waals surface area contributed by atoms with Crippen LogP contribution in [0, 0.1) is 6.92 Å². The first-order valence-corrected chi connectivity index (χ1v) is 13.5. The van der Waals surface area contributed by atoms with Gasteiger partial charge in [0.15, 0.2) is 0 Å². The van der Waals surface area contributed by atoms with Crippen molar-refractivity contribution in [1.82, 2.24) is 16.0 Å². The van der Waals surface area contributed by atoms with E-state index in [4.69, 9.17) is 0 Å². The number of Topliss-reactive ketones (excluding diaryl/α,β-unsaturated/α-hetero) is 1. The summed E-state index contributed by atoms with van der Waals surface area (Å²) in [5, 5.41) is 7.42. The first-order valence-electron chi connectivity index (χ1n) is 13.5. The maximum absolute atomic E-state index is 13.2. The van der Waals surface area contributed by atoms with Crippen molar-refractivity contribution in [1.29, 1.82) is 0 Å². The second-order valence-electron chi connectivity index (χ2n) is 9.35. The van der Waals surface area contributed by atoms with Crippen LogP contribution in [0.3, 0.4) is 0 Å². The van der Waals surface area contributed by atoms with Crippen molar-refractivity contribution in [2.75, 3.05) is 18.0 Å². The van der Waals surface area contributed by atoms with Crippen molar-refractivity contribution in [3.05, 3.63) is 102 Å². The van der Waals surface area contributed by atoms with E-state index in [1.807, 2.05) is 49.4 Å². The lowest BCUT2D eigenvalue weighted by atomic mass is 10.1. The van der Waals surface area contributed by atoms with Gasteiger partial charge in [-0.25, -0.2) is 0 Å². The third kappa shape index (κ3) is 10.7. The first-order chi connectivity index (χ1) is 19.7. The van der Waals surface area contributed by atoms with E-state index in [9.17, 15) is 24.0 Å². The highest BCUT2D eigenvalue weighted by Crippen LogP contribution is 2.21. The highest BCUT2D eigenvalue weighted by molar-refractivity contribution is 6.37. The maximum Gasteiger partial charge on any atom is 0.289 e. The van der Waals surface area contributed by atoms with Gasteiger partial charge in [-0.3, -0.25) is 28.9 Å². The lowest BCUT2D eigenvalue weighted by molar-refractivity contribution is -0.138. The Labute approximate surface area is 241 Å². The molecule has 3 aromatic rings. The normalized spacial score (nSPS) is 10.7. The quantitative estimate of drug-likeness (QED) is 0.311. The molecule has 0 bridgehead atoms. The zero-order chi connectivity index (χ0) is 30.2. The van der Waals surface area contributed by atoms with Crippen LogP contribution in [0.15, 0.2) is 84.9 Å². The molecule has 0 spiro atoms. The highest BCUT2D eigenvalue weighted by atomic mass is 16.2. The van der Waals surface area contributed by atoms with E-state index < -0.39 is 36.1 Å². The van der Waals surface area contributed by atoms with E-state index in [0.29, 0.717) is 11.3 Å². The number of rotatable bonds is 11. The molecule has 0 aliphatic heterocycles. The maximum atomic E-state index is 13.2. The monoisotopic (exact) mass is 558 g/mol. The van der Waals surface area contributed by atoms with Gasteiger partial charge in [0, 0.05) is 17.8 Å². The molecule has 0 aromatic heterocycles. The standard InChI is InChI=1S/C29H30N4O5.C3H8/c1-20-11-9-10-16-24(20)33(29(38)23-14-7-4-8-15-23)19-26(35)32-21(2)27(36)31-18-25(34)28(37)30-17-22-12-5-3-6-13-22;1-3-2/h3-16,21H,17-19H2,1-2H3,(H,30,37)(H,31,36)(H,32,35);3H2,1-2H3. The number of benzene rings is 3. The van der Waals surface area contributed by atoms with E-state index in [1.165, 1.54) is 18.2 Å². The Morgan fingerprint density at radius 2 is 1.34 bits per heavy atom. The largest absolute Gasteiger partial charge is 0.347 e. The lowest BCUT2D eigenvalue weighted by Gasteiger charge is -2.25. The molecule has 0 radical (unpaired) electrons. The molecule has 1 unspecified atom stereocenters. The molecule has 0 aliphatic rings. The molecule has 0 saturated heterocycles. The number of carbonyl (C=O) groups is 5. The topological polar surface area (TPSA) is 125 Å². The van der Waals surface area contributed by atoms with Crippen molar-refractivity contribution in [3.63, 3.8) is 0 Å². The SMILES string of the molecule is CCC.Cc1ccccc1N(CC(=O)NC(C)C(=O)NCC(=O)C(=O)NCc1ccccc1)C(=O)c1ccccc1. The van der Waals surface area contributed by atoms with Crippen LogP contribution in [-0.2, 0) is 25.7 Å². The molecule has 0 fully saturated rings. The van der Waals surface area contributed by atoms with Gasteiger partial charge in [0.2, 0.25) is 17.6 Å². The van der Waals surface area contributed by atoms with Gasteiger partial charge in [-0.2, -0.15) is 0 Å². The van der Waals surface area contributed by atoms with E-state index in [-0.39, 0.29) is 19.0 Å². The number of nitrogens with one attached hydrogen (secondary N) is 3. The summed E-state index contributed by atoms with van der Waals surface area (Å²) in [6, 6.07) is 23.9. The van der Waals surface area contributed by atoms with E-state index in [1.54, 1.807) is 42.5 Å². The molecule has 0 saturated carbocycles. The Morgan fingerprint density at radius 3 is 1.95 bits per heavy atom. The number of ketones is 1. The Hall–Kier alpha value is -4.79. The third-order valence-corrected chi connectivity index (χ3v) is 5.72. The number of hydrogen-bond acceptors (Lipinski definition) is 5. The molecule has 3 N–H and O–H groups in total. The average Bonchev–Trinajstić information content (AvgIpc) is 2.98. The molecular weight excluding hydrogens is 520 g/mol. The number of hydrogen-bond donors (Lipinski definition) is 3. The summed E-state index contributed by atoms with van der Waals surface area (Å²) in [6.45, 7) is 6.88. The second kappa shape index (κ2) is 17.0. The highest BCUT2D eigenvalue weighted by Gasteiger charge is 2.24. The number of amides is 4. The van der Waals surface area contributed by atoms with Crippen molar-refractivity contribution in [2.24, 2.45) is 0 Å². The molecule has 9 nitrogen and oxygen atoms in total. The fourth-order valence-electron chi connectivity index (χ4n) is 3.64. The molecular formula is C32H38N4O5. The fourth-order valence-corrected chi connectivity index (χ4v) is 3.64. The van der Waals surface area contributed by atoms with Gasteiger partial charge >= 0.3 is 0 Å². The molecule has 9 heteroatoms. The van der Waals surface area contributed by atoms with Gasteiger partial charge in [-0.15, -0.1) is 0 Å². The summed E-state index contributed by atoms with van der Waals surface area (Å²) >= 11 is 0. The van der Waals surface area contributed by atoms with Crippen molar-refractivity contribution < 1.29 is 24.0 Å². The molecule has 3 rings (SSSR count). The zero-order valence-corrected chi connectivity index (χ0v) is 24.0. The van der Waals surface area contributed by atoms with Gasteiger partial charge in [-0.05, 0) is 43.2 Å². The first kappa shape index (κ1) is 32.4. The lowest BCUT2D eigenvalue weighted by Crippen LogP contribution is -2.50. The summed E-state index contributed by atoms with van der Waals surface area (Å²) in [7, 11) is 0. The number of nitrogens with zero attached hydrogens (tertiary/aromatic N) is 1.